The summed E-state index contributed by atoms with van der Waals surface area (Å²) in [6.45, 7) is -1.21. The van der Waals surface area contributed by atoms with Crippen LogP contribution in [0.25, 0.3) is 5.65 Å². The van der Waals surface area contributed by atoms with Gasteiger partial charge in [0.2, 0.25) is 0 Å². The number of hydrogen-bond donors (Lipinski definition) is 0. The highest BCUT2D eigenvalue weighted by Gasteiger charge is 2.33. The van der Waals surface area contributed by atoms with E-state index >= 15 is 4.39 Å². The molecule has 0 spiro atoms. The molecular formula is C22H23FN4O4. The van der Waals surface area contributed by atoms with Gasteiger partial charge in [0.15, 0.2) is 29.1 Å². The number of benzene rings is 1. The Balaban J connectivity index is 1.33. The smallest absolute Gasteiger partial charge is 0.274 e. The second-order valence-electron chi connectivity index (χ2n) is 7.52. The standard InChI is InChI=1S/C22H23FN4O4/c1-13-14(2)22(25-27-20(28)5-7-24-21(13)27)26-8-6-17(16(23)12-26)31-15-3-4-18-19(11-15)30-10-9-29-18/h3-5,7,11,16-17H,6,8-10,12H2,1-2H3/t16-,17-/m1/s1/i9D2,10D2. The van der Waals surface area contributed by atoms with E-state index in [9.17, 15) is 4.79 Å². The lowest BCUT2D eigenvalue weighted by Gasteiger charge is -2.36. The number of rotatable bonds is 3. The van der Waals surface area contributed by atoms with Crippen LogP contribution in [0.1, 0.15) is 23.0 Å². The van der Waals surface area contributed by atoms with Crippen LogP contribution in [0.3, 0.4) is 0 Å². The maximum Gasteiger partial charge on any atom is 0.274 e. The van der Waals surface area contributed by atoms with Gasteiger partial charge in [-0.25, -0.2) is 9.37 Å². The van der Waals surface area contributed by atoms with Crippen LogP contribution in [0.4, 0.5) is 10.2 Å². The first-order valence-corrected chi connectivity index (χ1v) is 9.90. The fourth-order valence-electron chi connectivity index (χ4n) is 3.82. The number of fused-ring (bicyclic) bond motifs is 2. The van der Waals surface area contributed by atoms with Crippen LogP contribution in [-0.2, 0) is 0 Å². The molecule has 5 rings (SSSR count). The van der Waals surface area contributed by atoms with Crippen molar-refractivity contribution in [2.24, 2.45) is 0 Å². The first-order chi connectivity index (χ1) is 16.5. The lowest BCUT2D eigenvalue weighted by Crippen LogP contribution is -2.48. The molecule has 0 radical (unpaired) electrons. The highest BCUT2D eigenvalue weighted by Crippen LogP contribution is 2.35. The van der Waals surface area contributed by atoms with Crippen LogP contribution >= 0.6 is 0 Å². The van der Waals surface area contributed by atoms with Crippen molar-refractivity contribution in [2.75, 3.05) is 31.1 Å². The second-order valence-corrected chi connectivity index (χ2v) is 7.52. The number of hydrogen-bond acceptors (Lipinski definition) is 7. The highest BCUT2D eigenvalue weighted by atomic mass is 19.1. The van der Waals surface area contributed by atoms with Gasteiger partial charge in [-0.05, 0) is 26.0 Å². The third-order valence-electron chi connectivity index (χ3n) is 5.60. The average Bonchev–Trinajstić information content (AvgIpc) is 2.78. The van der Waals surface area contributed by atoms with Gasteiger partial charge < -0.3 is 19.1 Å². The number of halogens is 1. The first kappa shape index (κ1) is 15.4. The van der Waals surface area contributed by atoms with Gasteiger partial charge in [-0.1, -0.05) is 0 Å². The molecule has 2 aromatic heterocycles. The molecule has 0 N–H and O–H groups in total. The van der Waals surface area contributed by atoms with Crippen LogP contribution in [0.15, 0.2) is 35.3 Å². The highest BCUT2D eigenvalue weighted by molar-refractivity contribution is 5.59. The number of alkyl halides is 1. The third-order valence-corrected chi connectivity index (χ3v) is 5.60. The van der Waals surface area contributed by atoms with Gasteiger partial charge in [-0.15, -0.1) is 5.10 Å². The number of piperidine rings is 1. The molecule has 0 aliphatic carbocycles. The number of aryl methyl sites for hydroxylation is 1. The van der Waals surface area contributed by atoms with E-state index in [0.29, 0.717) is 24.4 Å². The second kappa shape index (κ2) is 7.72. The molecule has 0 bridgehead atoms. The zero-order valence-electron chi connectivity index (χ0n) is 21.0. The SMILES string of the molecule is [2H]C1([2H])Oc2ccc(O[C@@H]3CCN(c4nn5c(=O)ccnc5c(C)c4C)C[C@H]3F)cc2OC1([2H])[2H]. The molecule has 2 aliphatic heterocycles. The van der Waals surface area contributed by atoms with E-state index in [4.69, 9.17) is 19.7 Å². The van der Waals surface area contributed by atoms with Gasteiger partial charge in [0.25, 0.3) is 5.56 Å². The lowest BCUT2D eigenvalue weighted by atomic mass is 10.0. The molecule has 3 aromatic rings. The van der Waals surface area contributed by atoms with Gasteiger partial charge in [0.1, 0.15) is 25.0 Å². The summed E-state index contributed by atoms with van der Waals surface area (Å²) in [7, 11) is 0. The zero-order chi connectivity index (χ0) is 25.1. The molecule has 0 amide bonds. The summed E-state index contributed by atoms with van der Waals surface area (Å²) >= 11 is 0. The number of nitrogens with zero attached hydrogens (tertiary/aromatic N) is 4. The molecule has 9 heteroatoms. The molecule has 0 unspecified atom stereocenters. The minimum atomic E-state index is -2.70. The Labute approximate surface area is 183 Å². The predicted molar refractivity (Wildman–Crippen MR) is 112 cm³/mol. The van der Waals surface area contributed by atoms with Gasteiger partial charge in [0.05, 0.1) is 12.0 Å². The number of aromatic nitrogens is 3. The Morgan fingerprint density at radius 2 is 2.00 bits per heavy atom. The Kier molecular flexibility index (Phi) is 3.84. The number of anilines is 1. The molecule has 0 saturated carbocycles. The summed E-state index contributed by atoms with van der Waals surface area (Å²) < 4.78 is 63.3. The van der Waals surface area contributed by atoms with Gasteiger partial charge in [0, 0.05) is 42.4 Å². The Hall–Kier alpha value is -3.36. The van der Waals surface area contributed by atoms with E-state index in [1.807, 2.05) is 13.8 Å². The van der Waals surface area contributed by atoms with E-state index in [1.165, 1.54) is 35.0 Å². The van der Waals surface area contributed by atoms with Crippen molar-refractivity contribution in [3.8, 4) is 17.2 Å². The average molecular weight is 430 g/mol. The van der Waals surface area contributed by atoms with E-state index in [0.717, 1.165) is 11.1 Å². The molecule has 2 atom stereocenters. The van der Waals surface area contributed by atoms with Crippen molar-refractivity contribution in [1.82, 2.24) is 14.6 Å². The van der Waals surface area contributed by atoms with Crippen LogP contribution < -0.4 is 24.7 Å². The Bertz CT molecular complexity index is 1370. The van der Waals surface area contributed by atoms with Gasteiger partial charge >= 0.3 is 0 Å². The topological polar surface area (TPSA) is 78.2 Å². The Morgan fingerprint density at radius 1 is 1.19 bits per heavy atom. The largest absolute Gasteiger partial charge is 0.487 e. The Morgan fingerprint density at radius 3 is 2.81 bits per heavy atom. The van der Waals surface area contributed by atoms with Crippen molar-refractivity contribution in [2.45, 2.75) is 32.5 Å². The minimum absolute atomic E-state index is 0.00573. The van der Waals surface area contributed by atoms with Crippen LogP contribution in [-0.4, -0.2) is 53.1 Å². The molecule has 4 heterocycles. The van der Waals surface area contributed by atoms with E-state index in [2.05, 4.69) is 10.1 Å². The summed E-state index contributed by atoms with van der Waals surface area (Å²) in [6, 6.07) is 5.58. The van der Waals surface area contributed by atoms with Crippen LogP contribution in [0.2, 0.25) is 0 Å². The zero-order valence-corrected chi connectivity index (χ0v) is 17.0. The molecular weight excluding hydrogens is 403 g/mol. The monoisotopic (exact) mass is 430 g/mol. The summed E-state index contributed by atoms with van der Waals surface area (Å²) in [5.74, 6) is 0.769. The molecule has 162 valence electrons. The van der Waals surface area contributed by atoms with Crippen LogP contribution in [0.5, 0.6) is 17.2 Å². The maximum absolute atomic E-state index is 15.2. The quantitative estimate of drug-likeness (QED) is 0.632. The summed E-state index contributed by atoms with van der Waals surface area (Å²) in [5.41, 5.74) is 1.76. The molecule has 1 saturated heterocycles. The van der Waals surface area contributed by atoms with Crippen molar-refractivity contribution in [3.05, 3.63) is 51.9 Å². The molecule has 1 aromatic carbocycles. The summed E-state index contributed by atoms with van der Waals surface area (Å²) in [6.07, 6.45) is -0.378. The minimum Gasteiger partial charge on any atom is -0.487 e. The molecule has 2 aliphatic rings. The molecule has 8 nitrogen and oxygen atoms in total. The van der Waals surface area contributed by atoms with E-state index < -0.39 is 25.4 Å². The predicted octanol–water partition coefficient (Wildman–Crippen LogP) is 2.47. The van der Waals surface area contributed by atoms with Gasteiger partial charge in [-0.2, -0.15) is 4.52 Å². The van der Waals surface area contributed by atoms with Crippen molar-refractivity contribution in [1.29, 1.82) is 0 Å². The van der Waals surface area contributed by atoms with Crippen molar-refractivity contribution in [3.63, 3.8) is 0 Å². The first-order valence-electron chi connectivity index (χ1n) is 11.9. The van der Waals surface area contributed by atoms with Crippen LogP contribution in [0, 0.1) is 13.8 Å². The third kappa shape index (κ3) is 3.54. The maximum atomic E-state index is 15.2. The molecule has 31 heavy (non-hydrogen) atoms. The summed E-state index contributed by atoms with van der Waals surface area (Å²) in [4.78, 5) is 18.3. The van der Waals surface area contributed by atoms with E-state index in [1.54, 1.807) is 4.90 Å². The fraction of sp³-hybridized carbons (Fsp3) is 0.409. The normalized spacial score (nSPS) is 25.8. The molecule has 1 fully saturated rings. The van der Waals surface area contributed by atoms with E-state index in [-0.39, 0.29) is 29.4 Å². The lowest BCUT2D eigenvalue weighted by molar-refractivity contribution is 0.0809. The summed E-state index contributed by atoms with van der Waals surface area (Å²) in [5, 5.41) is 4.44. The van der Waals surface area contributed by atoms with Crippen molar-refractivity contribution < 1.29 is 24.1 Å². The van der Waals surface area contributed by atoms with Crippen molar-refractivity contribution >= 4 is 11.5 Å². The van der Waals surface area contributed by atoms with Gasteiger partial charge in [-0.3, -0.25) is 4.79 Å². The number of ether oxygens (including phenoxy) is 3. The fourth-order valence-corrected chi connectivity index (χ4v) is 3.82.